The van der Waals surface area contributed by atoms with Crippen LogP contribution in [0.1, 0.15) is 6.92 Å². The van der Waals surface area contributed by atoms with Crippen molar-refractivity contribution >= 4 is 33.3 Å². The van der Waals surface area contributed by atoms with Crippen LogP contribution in [-0.4, -0.2) is 41.8 Å². The molecule has 0 amide bonds. The number of carbonyl (C=O) groups excluding carboxylic acids is 1. The number of esters is 1. The zero-order valence-electron chi connectivity index (χ0n) is 15.1. The van der Waals surface area contributed by atoms with Gasteiger partial charge in [0, 0.05) is 0 Å². The fourth-order valence-electron chi connectivity index (χ4n) is 2.36. The second-order valence-electron chi connectivity index (χ2n) is 5.28. The van der Waals surface area contributed by atoms with Gasteiger partial charge in [0.05, 0.1) is 36.4 Å². The Morgan fingerprint density at radius 3 is 2.41 bits per heavy atom. The SMILES string of the molecule is CCOc1ccccc1N(CC(=O)OC)S(=O)(=O)c1ccc(OC)c(Cl)c1. The van der Waals surface area contributed by atoms with E-state index in [-0.39, 0.29) is 15.6 Å². The van der Waals surface area contributed by atoms with Gasteiger partial charge >= 0.3 is 5.97 Å². The number of carbonyl (C=O) groups is 1. The molecule has 0 radical (unpaired) electrons. The number of nitrogens with zero attached hydrogens (tertiary/aromatic N) is 1. The fourth-order valence-corrected chi connectivity index (χ4v) is 4.13. The lowest BCUT2D eigenvalue weighted by atomic mass is 10.3. The van der Waals surface area contributed by atoms with Crippen molar-refractivity contribution in [2.24, 2.45) is 0 Å². The number of hydrogen-bond donors (Lipinski definition) is 0. The first-order valence-electron chi connectivity index (χ1n) is 8.00. The first-order valence-corrected chi connectivity index (χ1v) is 9.81. The quantitative estimate of drug-likeness (QED) is 0.618. The lowest BCUT2D eigenvalue weighted by Crippen LogP contribution is -2.36. The molecule has 2 aromatic rings. The van der Waals surface area contributed by atoms with E-state index in [1.165, 1.54) is 32.4 Å². The van der Waals surface area contributed by atoms with E-state index in [0.717, 1.165) is 4.31 Å². The molecule has 0 bridgehead atoms. The maximum absolute atomic E-state index is 13.3. The zero-order valence-corrected chi connectivity index (χ0v) is 16.7. The molecule has 0 heterocycles. The van der Waals surface area contributed by atoms with E-state index in [9.17, 15) is 13.2 Å². The minimum Gasteiger partial charge on any atom is -0.495 e. The van der Waals surface area contributed by atoms with Crippen LogP contribution in [0.5, 0.6) is 11.5 Å². The molecule has 2 aromatic carbocycles. The number of hydrogen-bond acceptors (Lipinski definition) is 6. The van der Waals surface area contributed by atoms with Crippen LogP contribution in [0, 0.1) is 0 Å². The van der Waals surface area contributed by atoms with Crippen molar-refractivity contribution < 1.29 is 27.4 Å². The predicted octanol–water partition coefficient (Wildman–Crippen LogP) is 3.12. The molecule has 0 aliphatic heterocycles. The summed E-state index contributed by atoms with van der Waals surface area (Å²) in [5.74, 6) is -0.0542. The lowest BCUT2D eigenvalue weighted by Gasteiger charge is -2.25. The largest absolute Gasteiger partial charge is 0.495 e. The van der Waals surface area contributed by atoms with Gasteiger partial charge in [-0.05, 0) is 37.3 Å². The minimum absolute atomic E-state index is 0.0940. The van der Waals surface area contributed by atoms with E-state index >= 15 is 0 Å². The molecule has 0 saturated heterocycles. The molecule has 0 spiro atoms. The Kier molecular flexibility index (Phi) is 6.92. The van der Waals surface area contributed by atoms with E-state index in [1.807, 2.05) is 0 Å². The van der Waals surface area contributed by atoms with Crippen LogP contribution in [0.3, 0.4) is 0 Å². The van der Waals surface area contributed by atoms with Crippen molar-refractivity contribution in [1.82, 2.24) is 0 Å². The minimum atomic E-state index is -4.14. The molecule has 0 aliphatic rings. The highest BCUT2D eigenvalue weighted by Gasteiger charge is 2.30. The number of halogens is 1. The van der Waals surface area contributed by atoms with Crippen LogP contribution < -0.4 is 13.8 Å². The Hall–Kier alpha value is -2.45. The second kappa shape index (κ2) is 8.96. The summed E-state index contributed by atoms with van der Waals surface area (Å²) in [7, 11) is -1.52. The van der Waals surface area contributed by atoms with Crippen molar-refractivity contribution in [3.63, 3.8) is 0 Å². The van der Waals surface area contributed by atoms with Crippen molar-refractivity contribution in [3.8, 4) is 11.5 Å². The van der Waals surface area contributed by atoms with Gasteiger partial charge in [-0.1, -0.05) is 23.7 Å². The Morgan fingerprint density at radius 1 is 1.11 bits per heavy atom. The standard InChI is InChI=1S/C18H20ClNO6S/c1-4-26-17-8-6-5-7-15(17)20(12-18(21)25-3)27(22,23)13-9-10-16(24-2)14(19)11-13/h5-11H,4,12H2,1-3H3. The van der Waals surface area contributed by atoms with Crippen molar-refractivity contribution in [2.45, 2.75) is 11.8 Å². The van der Waals surface area contributed by atoms with E-state index < -0.39 is 22.5 Å². The van der Waals surface area contributed by atoms with Crippen LogP contribution in [-0.2, 0) is 19.6 Å². The molecule has 9 heteroatoms. The lowest BCUT2D eigenvalue weighted by molar-refractivity contribution is -0.138. The predicted molar refractivity (Wildman–Crippen MR) is 102 cm³/mol. The Bertz CT molecular complexity index is 916. The van der Waals surface area contributed by atoms with E-state index in [1.54, 1.807) is 31.2 Å². The molecule has 27 heavy (non-hydrogen) atoms. The molecule has 2 rings (SSSR count). The highest BCUT2D eigenvalue weighted by Crippen LogP contribution is 2.34. The molecule has 0 fully saturated rings. The number of anilines is 1. The third-order valence-corrected chi connectivity index (χ3v) is 5.70. The summed E-state index contributed by atoms with van der Waals surface area (Å²) in [5.41, 5.74) is 0.219. The third kappa shape index (κ3) is 4.64. The number of para-hydroxylation sites is 2. The number of sulfonamides is 1. The fraction of sp³-hybridized carbons (Fsp3) is 0.278. The van der Waals surface area contributed by atoms with Gasteiger partial charge in [-0.25, -0.2) is 8.42 Å². The summed E-state index contributed by atoms with van der Waals surface area (Å²) in [6, 6.07) is 10.6. The Balaban J connectivity index is 2.60. The zero-order chi connectivity index (χ0) is 20.0. The molecular formula is C18H20ClNO6S. The molecule has 7 nitrogen and oxygen atoms in total. The monoisotopic (exact) mass is 413 g/mol. The molecular weight excluding hydrogens is 394 g/mol. The van der Waals surface area contributed by atoms with Crippen LogP contribution in [0.25, 0.3) is 0 Å². The first kappa shape index (κ1) is 20.9. The maximum atomic E-state index is 13.3. The van der Waals surface area contributed by atoms with E-state index in [0.29, 0.717) is 18.1 Å². The molecule has 0 N–H and O–H groups in total. The number of ether oxygens (including phenoxy) is 3. The van der Waals surface area contributed by atoms with Crippen molar-refractivity contribution in [3.05, 3.63) is 47.5 Å². The van der Waals surface area contributed by atoms with E-state index in [2.05, 4.69) is 4.74 Å². The molecule has 146 valence electrons. The highest BCUT2D eigenvalue weighted by molar-refractivity contribution is 7.92. The van der Waals surface area contributed by atoms with Gasteiger partial charge in [0.25, 0.3) is 10.0 Å². The Morgan fingerprint density at radius 2 is 1.81 bits per heavy atom. The molecule has 0 saturated carbocycles. The number of rotatable bonds is 8. The normalized spacial score (nSPS) is 11.0. The average Bonchev–Trinajstić information content (AvgIpc) is 2.66. The topological polar surface area (TPSA) is 82.1 Å². The summed E-state index contributed by atoms with van der Waals surface area (Å²) in [6.45, 7) is 1.59. The van der Waals surface area contributed by atoms with Gasteiger partial charge in [0.2, 0.25) is 0 Å². The van der Waals surface area contributed by atoms with Gasteiger partial charge in [-0.2, -0.15) is 0 Å². The maximum Gasteiger partial charge on any atom is 0.326 e. The number of benzene rings is 2. The van der Waals surface area contributed by atoms with Gasteiger partial charge in [-0.3, -0.25) is 9.10 Å². The summed E-state index contributed by atoms with van der Waals surface area (Å²) in [4.78, 5) is 11.8. The molecule has 0 unspecified atom stereocenters. The summed E-state index contributed by atoms with van der Waals surface area (Å²) < 4.78 is 42.7. The van der Waals surface area contributed by atoms with Gasteiger partial charge in [0.1, 0.15) is 18.0 Å². The smallest absolute Gasteiger partial charge is 0.326 e. The average molecular weight is 414 g/mol. The van der Waals surface area contributed by atoms with Crippen molar-refractivity contribution in [2.75, 3.05) is 31.7 Å². The van der Waals surface area contributed by atoms with Crippen LogP contribution >= 0.6 is 11.6 Å². The van der Waals surface area contributed by atoms with Crippen LogP contribution in [0.2, 0.25) is 5.02 Å². The summed E-state index contributed by atoms with van der Waals surface area (Å²) >= 11 is 6.08. The third-order valence-electron chi connectivity index (χ3n) is 3.65. The van der Waals surface area contributed by atoms with Gasteiger partial charge < -0.3 is 14.2 Å². The van der Waals surface area contributed by atoms with Crippen LogP contribution in [0.15, 0.2) is 47.4 Å². The first-order chi connectivity index (χ1) is 12.8. The Labute approximate surface area is 163 Å². The molecule has 0 aromatic heterocycles. The summed E-state index contributed by atoms with van der Waals surface area (Å²) in [6.07, 6.45) is 0. The van der Waals surface area contributed by atoms with Crippen LogP contribution in [0.4, 0.5) is 5.69 Å². The molecule has 0 aliphatic carbocycles. The second-order valence-corrected chi connectivity index (χ2v) is 7.55. The van der Waals surface area contributed by atoms with Gasteiger partial charge in [-0.15, -0.1) is 0 Å². The summed E-state index contributed by atoms with van der Waals surface area (Å²) in [5, 5.41) is 0.134. The molecule has 0 atom stereocenters. The highest BCUT2D eigenvalue weighted by atomic mass is 35.5. The van der Waals surface area contributed by atoms with Gasteiger partial charge in [0.15, 0.2) is 0 Å². The van der Waals surface area contributed by atoms with Crippen molar-refractivity contribution in [1.29, 1.82) is 0 Å². The van der Waals surface area contributed by atoms with E-state index in [4.69, 9.17) is 21.1 Å². The number of methoxy groups -OCH3 is 2.